The highest BCUT2D eigenvalue weighted by Crippen LogP contribution is 2.28. The molecule has 22 heavy (non-hydrogen) atoms. The fraction of sp³-hybridized carbons (Fsp3) is 0.0526. The number of benzene rings is 3. The Morgan fingerprint density at radius 3 is 2.14 bits per heavy atom. The maximum absolute atomic E-state index is 13.4. The molecule has 0 aliphatic carbocycles. The lowest BCUT2D eigenvalue weighted by atomic mass is 9.98. The SMILES string of the molecule is Oc1ccc(C(Nc2cccc(F)c2)c2ccccc2)cc1. The molecule has 0 amide bonds. The van der Waals surface area contributed by atoms with Crippen LogP contribution in [0.2, 0.25) is 0 Å². The number of halogens is 1. The molecule has 0 heterocycles. The molecule has 0 saturated carbocycles. The number of anilines is 1. The van der Waals surface area contributed by atoms with Crippen LogP contribution in [0.3, 0.4) is 0 Å². The number of phenols is 1. The topological polar surface area (TPSA) is 32.3 Å². The largest absolute Gasteiger partial charge is 0.508 e. The van der Waals surface area contributed by atoms with Crippen LogP contribution in [0.5, 0.6) is 5.75 Å². The predicted octanol–water partition coefficient (Wildman–Crippen LogP) is 4.73. The first-order valence-corrected chi connectivity index (χ1v) is 7.08. The molecule has 0 bridgehead atoms. The minimum absolute atomic E-state index is 0.122. The van der Waals surface area contributed by atoms with Crippen LogP contribution in [-0.4, -0.2) is 5.11 Å². The minimum atomic E-state index is -0.275. The highest BCUT2D eigenvalue weighted by atomic mass is 19.1. The Balaban J connectivity index is 1.98. The summed E-state index contributed by atoms with van der Waals surface area (Å²) in [6.07, 6.45) is 0. The third-order valence-electron chi connectivity index (χ3n) is 3.49. The standard InChI is InChI=1S/C19H16FNO/c20-16-7-4-8-17(13-16)21-19(14-5-2-1-3-6-14)15-9-11-18(22)12-10-15/h1-13,19,21-22H. The summed E-state index contributed by atoms with van der Waals surface area (Å²) in [4.78, 5) is 0. The molecule has 3 aromatic rings. The Labute approximate surface area is 128 Å². The van der Waals surface area contributed by atoms with Crippen LogP contribution in [0.1, 0.15) is 17.2 Å². The summed E-state index contributed by atoms with van der Waals surface area (Å²) in [6, 6.07) is 23.2. The highest BCUT2D eigenvalue weighted by molar-refractivity contribution is 5.49. The van der Waals surface area contributed by atoms with E-state index in [1.807, 2.05) is 48.5 Å². The van der Waals surface area contributed by atoms with Crippen molar-refractivity contribution >= 4 is 5.69 Å². The highest BCUT2D eigenvalue weighted by Gasteiger charge is 2.14. The Morgan fingerprint density at radius 2 is 1.45 bits per heavy atom. The minimum Gasteiger partial charge on any atom is -0.508 e. The van der Waals surface area contributed by atoms with Gasteiger partial charge in [-0.3, -0.25) is 0 Å². The quantitative estimate of drug-likeness (QED) is 0.728. The zero-order chi connectivity index (χ0) is 15.4. The lowest BCUT2D eigenvalue weighted by molar-refractivity contribution is 0.475. The average Bonchev–Trinajstić information content (AvgIpc) is 2.55. The summed E-state index contributed by atoms with van der Waals surface area (Å²) in [7, 11) is 0. The first kappa shape index (κ1) is 14.1. The van der Waals surface area contributed by atoms with Crippen molar-refractivity contribution in [2.45, 2.75) is 6.04 Å². The van der Waals surface area contributed by atoms with Gasteiger partial charge in [0.05, 0.1) is 6.04 Å². The van der Waals surface area contributed by atoms with Gasteiger partial charge in [-0.1, -0.05) is 48.5 Å². The second-order valence-corrected chi connectivity index (χ2v) is 5.09. The number of rotatable bonds is 4. The van der Waals surface area contributed by atoms with Gasteiger partial charge in [-0.05, 0) is 41.5 Å². The van der Waals surface area contributed by atoms with Gasteiger partial charge >= 0.3 is 0 Å². The van der Waals surface area contributed by atoms with Crippen LogP contribution < -0.4 is 5.32 Å². The van der Waals surface area contributed by atoms with Crippen LogP contribution in [0.4, 0.5) is 10.1 Å². The molecule has 0 aromatic heterocycles. The third kappa shape index (κ3) is 3.26. The molecule has 2 N–H and O–H groups in total. The van der Waals surface area contributed by atoms with Crippen molar-refractivity contribution in [2.24, 2.45) is 0 Å². The fourth-order valence-electron chi connectivity index (χ4n) is 2.42. The first-order chi connectivity index (χ1) is 10.7. The molecule has 110 valence electrons. The monoisotopic (exact) mass is 293 g/mol. The maximum Gasteiger partial charge on any atom is 0.125 e. The molecule has 0 aliphatic heterocycles. The van der Waals surface area contributed by atoms with Gasteiger partial charge < -0.3 is 10.4 Å². The molecule has 3 rings (SSSR count). The van der Waals surface area contributed by atoms with E-state index in [0.717, 1.165) is 11.1 Å². The normalized spacial score (nSPS) is 11.9. The van der Waals surface area contributed by atoms with Crippen molar-refractivity contribution < 1.29 is 9.50 Å². The fourth-order valence-corrected chi connectivity index (χ4v) is 2.42. The number of nitrogens with one attached hydrogen (secondary N) is 1. The number of hydrogen-bond acceptors (Lipinski definition) is 2. The van der Waals surface area contributed by atoms with Crippen molar-refractivity contribution in [2.75, 3.05) is 5.32 Å². The van der Waals surface area contributed by atoms with Gasteiger partial charge in [0.1, 0.15) is 11.6 Å². The van der Waals surface area contributed by atoms with Crippen LogP contribution >= 0.6 is 0 Å². The van der Waals surface area contributed by atoms with Gasteiger partial charge in [0.15, 0.2) is 0 Å². The Kier molecular flexibility index (Phi) is 4.05. The Morgan fingerprint density at radius 1 is 0.773 bits per heavy atom. The lowest BCUT2D eigenvalue weighted by Gasteiger charge is -2.21. The number of aromatic hydroxyl groups is 1. The van der Waals surface area contributed by atoms with E-state index in [9.17, 15) is 9.50 Å². The molecule has 0 aliphatic rings. The molecule has 1 unspecified atom stereocenters. The Hall–Kier alpha value is -2.81. The second kappa shape index (κ2) is 6.31. The molecule has 0 saturated heterocycles. The number of hydrogen-bond donors (Lipinski definition) is 2. The summed E-state index contributed by atoms with van der Waals surface area (Å²) in [5, 5.41) is 12.8. The van der Waals surface area contributed by atoms with Gasteiger partial charge in [-0.15, -0.1) is 0 Å². The summed E-state index contributed by atoms with van der Waals surface area (Å²) in [5.74, 6) is -0.0520. The molecule has 0 fully saturated rings. The lowest BCUT2D eigenvalue weighted by Crippen LogP contribution is -2.12. The van der Waals surface area contributed by atoms with Crippen LogP contribution in [0.25, 0.3) is 0 Å². The van der Waals surface area contributed by atoms with E-state index < -0.39 is 0 Å². The molecule has 2 nitrogen and oxygen atoms in total. The van der Waals surface area contributed by atoms with Crippen LogP contribution in [0.15, 0.2) is 78.9 Å². The van der Waals surface area contributed by atoms with Crippen molar-refractivity contribution in [1.82, 2.24) is 0 Å². The molecule has 0 spiro atoms. The van der Waals surface area contributed by atoms with Gasteiger partial charge in [-0.25, -0.2) is 4.39 Å². The van der Waals surface area contributed by atoms with E-state index in [0.29, 0.717) is 5.69 Å². The van der Waals surface area contributed by atoms with E-state index in [-0.39, 0.29) is 17.6 Å². The predicted molar refractivity (Wildman–Crippen MR) is 86.4 cm³/mol. The molecule has 3 heteroatoms. The zero-order valence-electron chi connectivity index (χ0n) is 11.9. The third-order valence-corrected chi connectivity index (χ3v) is 3.49. The van der Waals surface area contributed by atoms with Gasteiger partial charge in [-0.2, -0.15) is 0 Å². The van der Waals surface area contributed by atoms with E-state index in [2.05, 4.69) is 5.32 Å². The van der Waals surface area contributed by atoms with Crippen LogP contribution in [0, 0.1) is 5.82 Å². The van der Waals surface area contributed by atoms with Crippen molar-refractivity contribution in [1.29, 1.82) is 0 Å². The molecular weight excluding hydrogens is 277 g/mol. The summed E-state index contributed by atoms with van der Waals surface area (Å²) in [5.41, 5.74) is 2.77. The zero-order valence-corrected chi connectivity index (χ0v) is 11.9. The molecular formula is C19H16FNO. The van der Waals surface area contributed by atoms with E-state index >= 15 is 0 Å². The number of phenolic OH excluding ortho intramolecular Hbond substituents is 1. The van der Waals surface area contributed by atoms with E-state index in [1.54, 1.807) is 18.2 Å². The Bertz CT molecular complexity index is 741. The second-order valence-electron chi connectivity index (χ2n) is 5.09. The maximum atomic E-state index is 13.4. The molecule has 3 aromatic carbocycles. The van der Waals surface area contributed by atoms with Crippen LogP contribution in [-0.2, 0) is 0 Å². The van der Waals surface area contributed by atoms with Crippen molar-refractivity contribution in [3.8, 4) is 5.75 Å². The summed E-state index contributed by atoms with van der Waals surface area (Å²) >= 11 is 0. The van der Waals surface area contributed by atoms with E-state index in [4.69, 9.17) is 0 Å². The van der Waals surface area contributed by atoms with Gasteiger partial charge in [0.2, 0.25) is 0 Å². The molecule has 1 atom stereocenters. The van der Waals surface area contributed by atoms with Crippen molar-refractivity contribution in [3.05, 3.63) is 95.8 Å². The summed E-state index contributed by atoms with van der Waals surface area (Å²) < 4.78 is 13.4. The van der Waals surface area contributed by atoms with E-state index in [1.165, 1.54) is 12.1 Å². The summed E-state index contributed by atoms with van der Waals surface area (Å²) in [6.45, 7) is 0. The smallest absolute Gasteiger partial charge is 0.125 e. The first-order valence-electron chi connectivity index (χ1n) is 7.08. The average molecular weight is 293 g/mol. The van der Waals surface area contributed by atoms with Gasteiger partial charge in [0, 0.05) is 5.69 Å². The van der Waals surface area contributed by atoms with Gasteiger partial charge in [0.25, 0.3) is 0 Å². The van der Waals surface area contributed by atoms with Crippen molar-refractivity contribution in [3.63, 3.8) is 0 Å². The molecule has 0 radical (unpaired) electrons.